The number of aromatic nitrogens is 1. The fraction of sp³-hybridized carbons (Fsp3) is 0.552. The smallest absolute Gasteiger partial charge is 0.192 e. The molecule has 7 atom stereocenters. The molecule has 0 aliphatic heterocycles. The lowest BCUT2D eigenvalue weighted by Crippen LogP contribution is -2.58. The minimum absolute atomic E-state index is 0.199. The van der Waals surface area contributed by atoms with Gasteiger partial charge in [-0.15, -0.1) is 0 Å². The summed E-state index contributed by atoms with van der Waals surface area (Å²) >= 11 is 0. The molecule has 0 bridgehead atoms. The lowest BCUT2D eigenvalue weighted by molar-refractivity contribution is -0.0922. The average Bonchev–Trinajstić information content (AvgIpc) is 3.30. The summed E-state index contributed by atoms with van der Waals surface area (Å²) in [7, 11) is 3.72. The first-order chi connectivity index (χ1) is 17.0. The van der Waals surface area contributed by atoms with Gasteiger partial charge in [0.1, 0.15) is 11.6 Å². The summed E-state index contributed by atoms with van der Waals surface area (Å²) in [6, 6.07) is 5.79. The summed E-state index contributed by atoms with van der Waals surface area (Å²) in [4.78, 5) is 6.29. The van der Waals surface area contributed by atoms with Gasteiger partial charge in [-0.3, -0.25) is 0 Å². The monoisotopic (exact) mass is 492 g/mol. The van der Waals surface area contributed by atoms with Gasteiger partial charge in [0.25, 0.3) is 0 Å². The summed E-state index contributed by atoms with van der Waals surface area (Å²) in [6.07, 6.45) is 4.10. The molecule has 1 fully saturated rings. The molecular weight excluding hydrogens is 456 g/mol. The second-order valence-corrected chi connectivity index (χ2v) is 11.7. The Morgan fingerprint density at radius 1 is 1.14 bits per heavy atom. The van der Waals surface area contributed by atoms with Gasteiger partial charge in [0.05, 0.1) is 17.8 Å². The minimum atomic E-state index is -1.22. The van der Waals surface area contributed by atoms with Crippen LogP contribution in [0.3, 0.4) is 0 Å². The van der Waals surface area contributed by atoms with E-state index in [1.165, 1.54) is 5.57 Å². The molecule has 4 aliphatic rings. The number of fused-ring (bicyclic) bond motifs is 4. The number of aliphatic hydroxyl groups is 4. The summed E-state index contributed by atoms with van der Waals surface area (Å²) in [5.74, 6) is 0.842. The van der Waals surface area contributed by atoms with Crippen LogP contribution in [-0.2, 0) is 0 Å². The van der Waals surface area contributed by atoms with E-state index in [1.54, 1.807) is 0 Å². The Morgan fingerprint density at radius 3 is 2.67 bits per heavy atom. The number of nitrogens with zero attached hydrogens (tertiary/aromatic N) is 2. The molecule has 4 N–H and O–H groups in total. The minimum Gasteiger partial charge on any atom is -0.441 e. The fourth-order valence-corrected chi connectivity index (χ4v) is 7.50. The third-order valence-electron chi connectivity index (χ3n) is 9.42. The Hall–Kier alpha value is -2.29. The molecule has 0 saturated heterocycles. The lowest BCUT2D eigenvalue weighted by atomic mass is 9.61. The van der Waals surface area contributed by atoms with Crippen molar-refractivity contribution >= 4 is 16.7 Å². The SMILES string of the molecule is Cc1nc2ccc(C3=CCC4C5=C(C=C6[C@@H](O)[C@H](O)[C@@H](N(C)C)C[C@]6(O)CC5)C(O)C[C@]34C)cc2o1. The number of hydrogen-bond donors (Lipinski definition) is 4. The normalized spacial score (nSPS) is 38.4. The van der Waals surface area contributed by atoms with Crippen molar-refractivity contribution < 1.29 is 24.8 Å². The lowest BCUT2D eigenvalue weighted by Gasteiger charge is -2.46. The molecular formula is C29H36N2O5. The zero-order valence-corrected chi connectivity index (χ0v) is 21.4. The van der Waals surface area contributed by atoms with Crippen LogP contribution in [0.2, 0.25) is 0 Å². The largest absolute Gasteiger partial charge is 0.441 e. The van der Waals surface area contributed by atoms with Crippen molar-refractivity contribution in [2.45, 2.75) is 75.9 Å². The van der Waals surface area contributed by atoms with Gasteiger partial charge < -0.3 is 29.7 Å². The van der Waals surface area contributed by atoms with Gasteiger partial charge in [0.2, 0.25) is 0 Å². The molecule has 7 nitrogen and oxygen atoms in total. The highest BCUT2D eigenvalue weighted by Crippen LogP contribution is 2.60. The zero-order valence-electron chi connectivity index (χ0n) is 21.4. The van der Waals surface area contributed by atoms with Crippen LogP contribution in [0.25, 0.3) is 16.7 Å². The fourth-order valence-electron chi connectivity index (χ4n) is 7.50. The van der Waals surface area contributed by atoms with E-state index < -0.39 is 23.9 Å². The number of hydrogen-bond acceptors (Lipinski definition) is 7. The van der Waals surface area contributed by atoms with E-state index in [9.17, 15) is 20.4 Å². The summed E-state index contributed by atoms with van der Waals surface area (Å²) in [5, 5.41) is 45.0. The predicted molar refractivity (Wildman–Crippen MR) is 137 cm³/mol. The van der Waals surface area contributed by atoms with Crippen LogP contribution in [-0.4, -0.2) is 74.4 Å². The highest BCUT2D eigenvalue weighted by Gasteiger charge is 2.53. The van der Waals surface area contributed by atoms with Gasteiger partial charge in [-0.05, 0) is 86.5 Å². The number of aliphatic hydroxyl groups excluding tert-OH is 3. The molecule has 6 rings (SSSR count). The second kappa shape index (κ2) is 8.10. The van der Waals surface area contributed by atoms with Crippen molar-refractivity contribution in [2.24, 2.45) is 11.3 Å². The first-order valence-corrected chi connectivity index (χ1v) is 13.0. The molecule has 1 heterocycles. The van der Waals surface area contributed by atoms with Crippen molar-refractivity contribution in [3.8, 4) is 0 Å². The predicted octanol–water partition coefficient (Wildman–Crippen LogP) is 3.11. The van der Waals surface area contributed by atoms with E-state index in [-0.39, 0.29) is 17.4 Å². The zero-order chi connectivity index (χ0) is 25.6. The standard InChI is InChI=1S/C29H36N2O5/c1-15-30-22-8-5-16(11-25(22)36-15)19-6-7-20-17-9-10-29(35)13-23(31(3)4)27(34)26(33)21(29)12-18(17)24(32)14-28(19,20)2/h5-6,8,11-12,20,23-24,26-27,32-35H,7,9-10,13-14H2,1-4H3/t20?,23-,24?,26+,27+,28+,29+/m0/s1. The summed E-state index contributed by atoms with van der Waals surface area (Å²) in [5.41, 5.74) is 4.85. The first kappa shape index (κ1) is 24.1. The van der Waals surface area contributed by atoms with Crippen LogP contribution in [0.5, 0.6) is 0 Å². The Bertz CT molecular complexity index is 1320. The van der Waals surface area contributed by atoms with Crippen LogP contribution in [0.15, 0.2) is 51.5 Å². The number of likely N-dealkylation sites (N-methyl/N-ethyl adjacent to an activating group) is 1. The van der Waals surface area contributed by atoms with Crippen LogP contribution >= 0.6 is 0 Å². The third-order valence-corrected chi connectivity index (χ3v) is 9.42. The maximum Gasteiger partial charge on any atom is 0.192 e. The molecule has 4 aliphatic carbocycles. The van der Waals surface area contributed by atoms with Crippen LogP contribution < -0.4 is 0 Å². The van der Waals surface area contributed by atoms with E-state index >= 15 is 0 Å². The first-order valence-electron chi connectivity index (χ1n) is 13.0. The molecule has 0 spiro atoms. The number of allylic oxidation sites excluding steroid dienone is 3. The molecule has 0 radical (unpaired) electrons. The number of oxazole rings is 1. The van der Waals surface area contributed by atoms with Crippen molar-refractivity contribution in [3.05, 3.63) is 58.5 Å². The molecule has 192 valence electrons. The number of rotatable bonds is 2. The molecule has 7 heteroatoms. The van der Waals surface area contributed by atoms with E-state index in [4.69, 9.17) is 4.42 Å². The van der Waals surface area contributed by atoms with Crippen LogP contribution in [0, 0.1) is 18.3 Å². The summed E-state index contributed by atoms with van der Waals surface area (Å²) in [6.45, 7) is 4.08. The van der Waals surface area contributed by atoms with Crippen molar-refractivity contribution in [1.29, 1.82) is 0 Å². The quantitative estimate of drug-likeness (QED) is 0.510. The molecule has 2 aromatic rings. The van der Waals surface area contributed by atoms with Gasteiger partial charge >= 0.3 is 0 Å². The molecule has 1 saturated carbocycles. The van der Waals surface area contributed by atoms with Crippen molar-refractivity contribution in [1.82, 2.24) is 9.88 Å². The average molecular weight is 493 g/mol. The van der Waals surface area contributed by atoms with E-state index in [1.807, 2.05) is 38.1 Å². The topological polar surface area (TPSA) is 110 Å². The molecule has 1 aromatic carbocycles. The third kappa shape index (κ3) is 3.41. The highest BCUT2D eigenvalue weighted by molar-refractivity contribution is 5.82. The van der Waals surface area contributed by atoms with Crippen LogP contribution in [0.4, 0.5) is 0 Å². The number of benzene rings is 1. The molecule has 36 heavy (non-hydrogen) atoms. The maximum absolute atomic E-state index is 11.7. The number of aryl methyl sites for hydroxylation is 1. The Morgan fingerprint density at radius 2 is 1.92 bits per heavy atom. The maximum atomic E-state index is 11.7. The van der Waals surface area contributed by atoms with Gasteiger partial charge in [0.15, 0.2) is 11.5 Å². The van der Waals surface area contributed by atoms with E-state index in [0.717, 1.165) is 34.2 Å². The van der Waals surface area contributed by atoms with Crippen molar-refractivity contribution in [2.75, 3.05) is 14.1 Å². The summed E-state index contributed by atoms with van der Waals surface area (Å²) < 4.78 is 5.79. The Balaban J connectivity index is 1.37. The highest BCUT2D eigenvalue weighted by atomic mass is 16.3. The van der Waals surface area contributed by atoms with Gasteiger partial charge in [-0.25, -0.2) is 4.98 Å². The molecule has 2 unspecified atom stereocenters. The van der Waals surface area contributed by atoms with Gasteiger partial charge in [-0.2, -0.15) is 0 Å². The van der Waals surface area contributed by atoms with Crippen molar-refractivity contribution in [3.63, 3.8) is 0 Å². The van der Waals surface area contributed by atoms with Crippen LogP contribution in [0.1, 0.15) is 50.5 Å². The second-order valence-electron chi connectivity index (χ2n) is 11.7. The van der Waals surface area contributed by atoms with Gasteiger partial charge in [-0.1, -0.05) is 30.7 Å². The van der Waals surface area contributed by atoms with E-state index in [0.29, 0.717) is 37.1 Å². The van der Waals surface area contributed by atoms with E-state index in [2.05, 4.69) is 30.1 Å². The Kier molecular flexibility index (Phi) is 5.42. The molecule has 1 aromatic heterocycles. The Labute approximate surface area is 211 Å². The van der Waals surface area contributed by atoms with Gasteiger partial charge in [0, 0.05) is 18.4 Å². The molecule has 0 amide bonds.